The average molecular weight is 482 g/mol. The molecule has 0 spiro atoms. The standard InChI is InChI=1S/C9H12ClN3O2.C4H2Cl2N2.C4H9NO2/c1-3-9(2,7(14)15)13-6-4-5-11-8(10)12-6;5-3-1-2-7-4(6)8-3;1-4(2,5)3(6)7/h4-5H,3H2,1-2H3,(H,14,15)(H,11,12,13);1-2H;5H2,1-2H3,(H,6,7)/t9-;;/m1../s1. The largest absolute Gasteiger partial charge is 0.480 e. The second-order valence-electron chi connectivity index (χ2n) is 6.50. The zero-order valence-corrected chi connectivity index (χ0v) is 19.0. The first-order valence-corrected chi connectivity index (χ1v) is 9.51. The van der Waals surface area contributed by atoms with Crippen molar-refractivity contribution < 1.29 is 19.8 Å². The number of carbonyl (C=O) groups is 2. The molecule has 0 saturated carbocycles. The van der Waals surface area contributed by atoms with Crippen molar-refractivity contribution in [3.05, 3.63) is 40.2 Å². The highest BCUT2D eigenvalue weighted by atomic mass is 35.5. The maximum absolute atomic E-state index is 11.0. The van der Waals surface area contributed by atoms with Crippen molar-refractivity contribution in [2.45, 2.75) is 45.2 Å². The molecule has 2 aromatic rings. The zero-order valence-electron chi connectivity index (χ0n) is 16.7. The van der Waals surface area contributed by atoms with E-state index in [1.165, 1.54) is 26.2 Å². The minimum Gasteiger partial charge on any atom is -0.480 e. The maximum atomic E-state index is 11.0. The van der Waals surface area contributed by atoms with Gasteiger partial charge in [0.1, 0.15) is 22.0 Å². The number of carboxylic acids is 2. The van der Waals surface area contributed by atoms with Crippen LogP contribution in [-0.2, 0) is 9.59 Å². The minimum atomic E-state index is -1.08. The molecule has 0 aliphatic heterocycles. The fraction of sp³-hybridized carbons (Fsp3) is 0.412. The van der Waals surface area contributed by atoms with Crippen LogP contribution >= 0.6 is 34.8 Å². The third-order valence-corrected chi connectivity index (χ3v) is 3.93. The van der Waals surface area contributed by atoms with Gasteiger partial charge >= 0.3 is 11.9 Å². The summed E-state index contributed by atoms with van der Waals surface area (Å²) in [6, 6.07) is 3.14. The number of nitrogens with zero attached hydrogens (tertiary/aromatic N) is 4. The molecule has 2 aromatic heterocycles. The van der Waals surface area contributed by atoms with Gasteiger partial charge in [-0.05, 0) is 62.5 Å². The highest BCUT2D eigenvalue weighted by Gasteiger charge is 2.31. The van der Waals surface area contributed by atoms with Gasteiger partial charge in [0.05, 0.1) is 0 Å². The van der Waals surface area contributed by atoms with Gasteiger partial charge in [-0.15, -0.1) is 0 Å². The average Bonchev–Trinajstić information content (AvgIpc) is 2.61. The van der Waals surface area contributed by atoms with Gasteiger partial charge in [-0.1, -0.05) is 18.5 Å². The normalized spacial score (nSPS) is 12.3. The molecule has 30 heavy (non-hydrogen) atoms. The molecule has 1 atom stereocenters. The number of anilines is 1. The van der Waals surface area contributed by atoms with Crippen molar-refractivity contribution in [2.24, 2.45) is 5.73 Å². The van der Waals surface area contributed by atoms with Crippen LogP contribution in [0, 0.1) is 0 Å². The first kappa shape index (κ1) is 27.7. The second-order valence-corrected chi connectivity index (χ2v) is 7.57. The van der Waals surface area contributed by atoms with Gasteiger partial charge in [0.25, 0.3) is 0 Å². The Labute approximate surface area is 188 Å². The van der Waals surface area contributed by atoms with Gasteiger partial charge in [-0.25, -0.2) is 24.7 Å². The van der Waals surface area contributed by atoms with E-state index in [1.54, 1.807) is 26.0 Å². The summed E-state index contributed by atoms with van der Waals surface area (Å²) >= 11 is 16.3. The Morgan fingerprint density at radius 3 is 1.77 bits per heavy atom. The van der Waals surface area contributed by atoms with Crippen molar-refractivity contribution in [3.8, 4) is 0 Å². The lowest BCUT2D eigenvalue weighted by molar-refractivity contribution is -0.142. The van der Waals surface area contributed by atoms with Crippen LogP contribution in [0.1, 0.15) is 34.1 Å². The van der Waals surface area contributed by atoms with E-state index >= 15 is 0 Å². The Morgan fingerprint density at radius 1 is 1.00 bits per heavy atom. The predicted molar refractivity (Wildman–Crippen MR) is 115 cm³/mol. The molecule has 0 bridgehead atoms. The van der Waals surface area contributed by atoms with E-state index in [1.807, 2.05) is 0 Å². The minimum absolute atomic E-state index is 0.0869. The topological polar surface area (TPSA) is 164 Å². The molecule has 13 heteroatoms. The monoisotopic (exact) mass is 480 g/mol. The van der Waals surface area contributed by atoms with Crippen molar-refractivity contribution in [1.29, 1.82) is 0 Å². The van der Waals surface area contributed by atoms with Crippen LogP contribution in [-0.4, -0.2) is 53.2 Å². The summed E-state index contributed by atoms with van der Waals surface area (Å²) in [5, 5.41) is 20.6. The number of aliphatic carboxylic acids is 2. The van der Waals surface area contributed by atoms with Crippen LogP contribution < -0.4 is 11.1 Å². The van der Waals surface area contributed by atoms with Crippen molar-refractivity contribution in [2.75, 3.05) is 5.32 Å². The molecular weight excluding hydrogens is 459 g/mol. The van der Waals surface area contributed by atoms with Crippen LogP contribution in [0.2, 0.25) is 15.7 Å². The van der Waals surface area contributed by atoms with E-state index in [4.69, 9.17) is 50.7 Å². The fourth-order valence-corrected chi connectivity index (χ4v) is 1.77. The summed E-state index contributed by atoms with van der Waals surface area (Å²) in [4.78, 5) is 35.7. The SMILES string of the molecule is CC(C)(N)C(=O)O.CC[C@@](C)(Nc1ccnc(Cl)n1)C(=O)O.Clc1ccnc(Cl)n1. The third-order valence-electron chi connectivity index (χ3n) is 3.35. The molecule has 0 unspecified atom stereocenters. The predicted octanol–water partition coefficient (Wildman–Crippen LogP) is 3.39. The molecule has 0 saturated heterocycles. The number of halogens is 3. The Bertz CT molecular complexity index is 833. The van der Waals surface area contributed by atoms with Crippen LogP contribution in [0.5, 0.6) is 0 Å². The fourth-order valence-electron chi connectivity index (χ4n) is 1.29. The number of rotatable bonds is 5. The number of hydrogen-bond donors (Lipinski definition) is 4. The number of hydrogen-bond acceptors (Lipinski definition) is 8. The van der Waals surface area contributed by atoms with Gasteiger partial charge in [0.15, 0.2) is 0 Å². The third kappa shape index (κ3) is 11.1. The van der Waals surface area contributed by atoms with E-state index in [0.29, 0.717) is 17.4 Å². The van der Waals surface area contributed by atoms with E-state index in [9.17, 15) is 9.59 Å². The van der Waals surface area contributed by atoms with Gasteiger partial charge in [-0.2, -0.15) is 0 Å². The Morgan fingerprint density at radius 2 is 1.47 bits per heavy atom. The highest BCUT2D eigenvalue weighted by Crippen LogP contribution is 2.17. The Kier molecular flexibility index (Phi) is 11.5. The van der Waals surface area contributed by atoms with Crippen molar-refractivity contribution >= 4 is 52.6 Å². The first-order chi connectivity index (χ1) is 13.7. The number of nitrogens with two attached hydrogens (primary N) is 1. The maximum Gasteiger partial charge on any atom is 0.329 e. The van der Waals surface area contributed by atoms with Crippen LogP contribution in [0.4, 0.5) is 5.82 Å². The van der Waals surface area contributed by atoms with Gasteiger partial charge < -0.3 is 21.3 Å². The van der Waals surface area contributed by atoms with Crippen molar-refractivity contribution in [1.82, 2.24) is 19.9 Å². The molecule has 10 nitrogen and oxygen atoms in total. The summed E-state index contributed by atoms with van der Waals surface area (Å²) in [5.74, 6) is -1.51. The summed E-state index contributed by atoms with van der Waals surface area (Å²) in [5.41, 5.74) is 2.95. The lowest BCUT2D eigenvalue weighted by Crippen LogP contribution is -2.42. The highest BCUT2D eigenvalue weighted by molar-refractivity contribution is 6.31. The molecular formula is C17H23Cl3N6O4. The molecule has 2 heterocycles. The zero-order chi connectivity index (χ0) is 23.5. The molecule has 0 aliphatic rings. The first-order valence-electron chi connectivity index (χ1n) is 8.37. The molecule has 5 N–H and O–H groups in total. The van der Waals surface area contributed by atoms with Crippen LogP contribution in [0.15, 0.2) is 24.5 Å². The summed E-state index contributed by atoms with van der Waals surface area (Å²) < 4.78 is 0. The van der Waals surface area contributed by atoms with Crippen LogP contribution in [0.25, 0.3) is 0 Å². The van der Waals surface area contributed by atoms with E-state index in [0.717, 1.165) is 0 Å². The quantitative estimate of drug-likeness (QED) is 0.367. The molecule has 0 amide bonds. The van der Waals surface area contributed by atoms with E-state index in [2.05, 4.69) is 25.3 Å². The lowest BCUT2D eigenvalue weighted by atomic mass is 9.99. The smallest absolute Gasteiger partial charge is 0.329 e. The number of carboxylic acid groups (broad SMARTS) is 2. The van der Waals surface area contributed by atoms with Crippen LogP contribution in [0.3, 0.4) is 0 Å². The summed E-state index contributed by atoms with van der Waals surface area (Å²) in [6.07, 6.45) is 3.40. The molecule has 166 valence electrons. The summed E-state index contributed by atoms with van der Waals surface area (Å²) in [7, 11) is 0. The Hall–Kier alpha value is -2.27. The molecule has 0 radical (unpaired) electrons. The summed E-state index contributed by atoms with van der Waals surface area (Å²) in [6.45, 7) is 6.25. The van der Waals surface area contributed by atoms with Gasteiger partial charge in [-0.3, -0.25) is 4.79 Å². The molecule has 0 aliphatic carbocycles. The van der Waals surface area contributed by atoms with Gasteiger partial charge in [0, 0.05) is 12.4 Å². The number of nitrogens with one attached hydrogen (secondary N) is 1. The van der Waals surface area contributed by atoms with E-state index in [-0.39, 0.29) is 10.6 Å². The number of aromatic nitrogens is 4. The van der Waals surface area contributed by atoms with Gasteiger partial charge in [0.2, 0.25) is 10.6 Å². The van der Waals surface area contributed by atoms with E-state index < -0.39 is 23.0 Å². The molecule has 0 fully saturated rings. The molecule has 2 rings (SSSR count). The second kappa shape index (κ2) is 12.4. The van der Waals surface area contributed by atoms with Crippen molar-refractivity contribution in [3.63, 3.8) is 0 Å². The lowest BCUT2D eigenvalue weighted by Gasteiger charge is -2.24. The molecule has 0 aromatic carbocycles. The Balaban J connectivity index is 0.000000471.